The standard InChI is InChI=1S/C38H79NO4SSi/c1-6-10-12-14-16-18-20-21-22-24-26-28-30-33-38(40)44-34-31-35-45(41-8-3,42-9-4)43-36-37(39-5)32-29-27-25-23-19-17-15-13-11-7-2/h37,39H,6-36H2,1-5H3. The monoisotopic (exact) mass is 674 g/mol. The molecule has 1 N–H and O–H groups in total. The second-order valence-electron chi connectivity index (χ2n) is 13.1. The van der Waals surface area contributed by atoms with Gasteiger partial charge >= 0.3 is 8.80 Å². The minimum atomic E-state index is -2.75. The van der Waals surface area contributed by atoms with E-state index in [0.717, 1.165) is 31.1 Å². The molecule has 0 aliphatic heterocycles. The van der Waals surface area contributed by atoms with Crippen LogP contribution in [0.25, 0.3) is 0 Å². The Labute approximate surface area is 287 Å². The summed E-state index contributed by atoms with van der Waals surface area (Å²) in [6, 6.07) is 1.10. The zero-order valence-electron chi connectivity index (χ0n) is 31.0. The fourth-order valence-electron chi connectivity index (χ4n) is 6.03. The zero-order chi connectivity index (χ0) is 33.1. The molecule has 0 spiro atoms. The van der Waals surface area contributed by atoms with E-state index < -0.39 is 8.80 Å². The molecule has 0 aromatic rings. The first-order valence-electron chi connectivity index (χ1n) is 19.8. The van der Waals surface area contributed by atoms with Crippen molar-refractivity contribution in [3.05, 3.63) is 0 Å². The summed E-state index contributed by atoms with van der Waals surface area (Å²) in [5, 5.41) is 3.80. The van der Waals surface area contributed by atoms with Gasteiger partial charge in [0.25, 0.3) is 0 Å². The van der Waals surface area contributed by atoms with Gasteiger partial charge in [-0.3, -0.25) is 4.79 Å². The molecule has 0 saturated carbocycles. The Balaban J connectivity index is 4.08. The topological polar surface area (TPSA) is 56.8 Å². The van der Waals surface area contributed by atoms with Gasteiger partial charge in [-0.05, 0) is 40.2 Å². The first-order chi connectivity index (χ1) is 22.1. The number of likely N-dealkylation sites (N-methyl/N-ethyl adjacent to an activating group) is 1. The molecule has 0 aliphatic rings. The highest BCUT2D eigenvalue weighted by Gasteiger charge is 2.40. The van der Waals surface area contributed by atoms with Crippen LogP contribution >= 0.6 is 11.8 Å². The molecule has 45 heavy (non-hydrogen) atoms. The van der Waals surface area contributed by atoms with Gasteiger partial charge in [-0.15, -0.1) is 0 Å². The quantitative estimate of drug-likeness (QED) is 0.0523. The molecule has 0 heterocycles. The third kappa shape index (κ3) is 29.9. The Kier molecular flexibility index (Phi) is 35.4. The summed E-state index contributed by atoms with van der Waals surface area (Å²) < 4.78 is 18.9. The van der Waals surface area contributed by atoms with Crippen LogP contribution in [0.2, 0.25) is 6.04 Å². The van der Waals surface area contributed by atoms with Crippen molar-refractivity contribution in [1.29, 1.82) is 0 Å². The molecule has 7 heteroatoms. The maximum absolute atomic E-state index is 12.5. The van der Waals surface area contributed by atoms with Crippen LogP contribution in [0.3, 0.4) is 0 Å². The van der Waals surface area contributed by atoms with Crippen LogP contribution in [-0.4, -0.2) is 52.6 Å². The zero-order valence-corrected chi connectivity index (χ0v) is 32.9. The van der Waals surface area contributed by atoms with Gasteiger partial charge in [-0.25, -0.2) is 0 Å². The molecule has 0 rings (SSSR count). The van der Waals surface area contributed by atoms with E-state index in [1.54, 1.807) is 0 Å². The number of carbonyl (C=O) groups excluding carboxylic acids is 1. The van der Waals surface area contributed by atoms with Crippen molar-refractivity contribution in [3.8, 4) is 0 Å². The Bertz CT molecular complexity index is 606. The van der Waals surface area contributed by atoms with Gasteiger partial charge in [0, 0.05) is 37.5 Å². The average Bonchev–Trinajstić information content (AvgIpc) is 3.04. The molecular weight excluding hydrogens is 595 g/mol. The fraction of sp³-hybridized carbons (Fsp3) is 0.974. The van der Waals surface area contributed by atoms with Gasteiger partial charge in [0.15, 0.2) is 5.12 Å². The predicted octanol–water partition coefficient (Wildman–Crippen LogP) is 12.0. The number of rotatable bonds is 37. The van der Waals surface area contributed by atoms with E-state index in [4.69, 9.17) is 13.3 Å². The molecular formula is C38H79NO4SSi. The largest absolute Gasteiger partial charge is 0.501 e. The van der Waals surface area contributed by atoms with E-state index >= 15 is 0 Å². The number of hydrogen-bond donors (Lipinski definition) is 1. The van der Waals surface area contributed by atoms with Crippen molar-refractivity contribution in [2.45, 2.75) is 207 Å². The van der Waals surface area contributed by atoms with Crippen LogP contribution in [0, 0.1) is 0 Å². The highest BCUT2D eigenvalue weighted by molar-refractivity contribution is 8.13. The average molecular weight is 674 g/mol. The lowest BCUT2D eigenvalue weighted by atomic mass is 10.0. The predicted molar refractivity (Wildman–Crippen MR) is 201 cm³/mol. The lowest BCUT2D eigenvalue weighted by Crippen LogP contribution is -2.48. The van der Waals surface area contributed by atoms with E-state index in [1.807, 2.05) is 20.9 Å². The molecule has 270 valence electrons. The highest BCUT2D eigenvalue weighted by atomic mass is 32.2. The molecule has 5 nitrogen and oxygen atoms in total. The van der Waals surface area contributed by atoms with Crippen molar-refractivity contribution in [2.75, 3.05) is 32.6 Å². The SMILES string of the molecule is CCCCCCCCCCCCCCCC(=O)SCCC[Si](OCC)(OCC)OCC(CCCCCCCCCCCC)NC. The van der Waals surface area contributed by atoms with Crippen molar-refractivity contribution in [1.82, 2.24) is 5.32 Å². The second kappa shape index (κ2) is 35.4. The van der Waals surface area contributed by atoms with E-state index in [0.29, 0.717) is 37.4 Å². The minimum absolute atomic E-state index is 0.322. The molecule has 0 aliphatic carbocycles. The van der Waals surface area contributed by atoms with Crippen molar-refractivity contribution >= 4 is 25.7 Å². The number of unbranched alkanes of at least 4 members (excludes halogenated alkanes) is 21. The minimum Gasteiger partial charge on any atom is -0.374 e. The third-order valence-corrected chi connectivity index (χ3v) is 13.0. The van der Waals surface area contributed by atoms with Crippen LogP contribution in [0.5, 0.6) is 0 Å². The number of carbonyl (C=O) groups is 1. The van der Waals surface area contributed by atoms with Crippen molar-refractivity contribution in [3.63, 3.8) is 0 Å². The fourth-order valence-corrected chi connectivity index (χ4v) is 9.72. The van der Waals surface area contributed by atoms with Gasteiger partial charge in [0.2, 0.25) is 0 Å². The van der Waals surface area contributed by atoms with E-state index in [1.165, 1.54) is 153 Å². The van der Waals surface area contributed by atoms with Crippen LogP contribution in [-0.2, 0) is 18.1 Å². The van der Waals surface area contributed by atoms with Crippen molar-refractivity contribution in [2.24, 2.45) is 0 Å². The summed E-state index contributed by atoms with van der Waals surface area (Å²) >= 11 is 1.49. The molecule has 0 aromatic heterocycles. The van der Waals surface area contributed by atoms with Crippen LogP contribution in [0.4, 0.5) is 0 Å². The summed E-state index contributed by atoms with van der Waals surface area (Å²) in [7, 11) is -0.715. The van der Waals surface area contributed by atoms with Crippen molar-refractivity contribution < 1.29 is 18.1 Å². The van der Waals surface area contributed by atoms with Crippen LogP contribution < -0.4 is 5.32 Å². The van der Waals surface area contributed by atoms with E-state index in [-0.39, 0.29) is 0 Å². The molecule has 0 radical (unpaired) electrons. The maximum atomic E-state index is 12.5. The Hall–Kier alpha value is 0.0769. The molecule has 0 amide bonds. The first-order valence-corrected chi connectivity index (χ1v) is 22.7. The summed E-state index contributed by atoms with van der Waals surface area (Å²) in [6.07, 6.45) is 33.7. The lowest BCUT2D eigenvalue weighted by molar-refractivity contribution is -0.111. The smallest absolute Gasteiger partial charge is 0.374 e. The van der Waals surface area contributed by atoms with Crippen LogP contribution in [0.1, 0.15) is 195 Å². The molecule has 1 unspecified atom stereocenters. The molecule has 0 bridgehead atoms. The summed E-state index contributed by atoms with van der Waals surface area (Å²) in [4.78, 5) is 12.5. The number of hydrogen-bond acceptors (Lipinski definition) is 6. The van der Waals surface area contributed by atoms with Gasteiger partial charge in [0.05, 0.1) is 6.61 Å². The first kappa shape index (κ1) is 45.1. The number of nitrogens with one attached hydrogen (secondary N) is 1. The summed E-state index contributed by atoms with van der Waals surface area (Å²) in [5.74, 6) is 0.823. The molecule has 0 aromatic carbocycles. The van der Waals surface area contributed by atoms with Crippen LogP contribution in [0.15, 0.2) is 0 Å². The summed E-state index contributed by atoms with van der Waals surface area (Å²) in [6.45, 7) is 10.4. The molecule has 1 atom stereocenters. The Morgan fingerprint density at radius 3 is 1.42 bits per heavy atom. The van der Waals surface area contributed by atoms with Gasteiger partial charge in [-0.1, -0.05) is 167 Å². The normalized spacial score (nSPS) is 12.6. The molecule has 0 fully saturated rings. The highest BCUT2D eigenvalue weighted by Crippen LogP contribution is 2.22. The van der Waals surface area contributed by atoms with Gasteiger partial charge in [0.1, 0.15) is 0 Å². The Morgan fingerprint density at radius 1 is 0.578 bits per heavy atom. The van der Waals surface area contributed by atoms with Gasteiger partial charge in [-0.2, -0.15) is 0 Å². The molecule has 0 saturated heterocycles. The number of thioether (sulfide) groups is 1. The Morgan fingerprint density at radius 2 is 1.00 bits per heavy atom. The van der Waals surface area contributed by atoms with E-state index in [2.05, 4.69) is 19.2 Å². The van der Waals surface area contributed by atoms with E-state index in [9.17, 15) is 4.79 Å². The summed E-state index contributed by atoms with van der Waals surface area (Å²) in [5.41, 5.74) is 0. The third-order valence-electron chi connectivity index (χ3n) is 8.92. The second-order valence-corrected chi connectivity index (χ2v) is 17.0. The lowest BCUT2D eigenvalue weighted by Gasteiger charge is -2.30. The maximum Gasteiger partial charge on any atom is 0.501 e. The van der Waals surface area contributed by atoms with Gasteiger partial charge < -0.3 is 18.6 Å².